The Morgan fingerprint density at radius 2 is 2.15 bits per heavy atom. The average molecular weight is 202 g/mol. The van der Waals surface area contributed by atoms with Crippen LogP contribution in [0, 0.1) is 0 Å². The van der Waals surface area contributed by atoms with Gasteiger partial charge in [0, 0.05) is 20.1 Å². The SMILES string of the molecule is CN=C(NC(N)=S)N1CCOCC1. The van der Waals surface area contributed by atoms with Crippen LogP contribution in [0.5, 0.6) is 0 Å². The fourth-order valence-corrected chi connectivity index (χ4v) is 1.25. The van der Waals surface area contributed by atoms with Crippen LogP contribution in [0.2, 0.25) is 0 Å². The quantitative estimate of drug-likeness (QED) is 0.304. The van der Waals surface area contributed by atoms with Crippen molar-refractivity contribution in [1.29, 1.82) is 0 Å². The molecule has 0 radical (unpaired) electrons. The first kappa shape index (κ1) is 10.2. The number of aliphatic imine (C=N–C) groups is 1. The summed E-state index contributed by atoms with van der Waals surface area (Å²) in [5.74, 6) is 0.718. The molecule has 1 heterocycles. The number of nitrogens with one attached hydrogen (secondary N) is 1. The molecule has 1 aliphatic heterocycles. The van der Waals surface area contributed by atoms with E-state index in [0.29, 0.717) is 0 Å². The number of nitrogens with two attached hydrogens (primary N) is 1. The van der Waals surface area contributed by atoms with Gasteiger partial charge in [0.1, 0.15) is 0 Å². The highest BCUT2D eigenvalue weighted by Crippen LogP contribution is 1.96. The first-order valence-electron chi connectivity index (χ1n) is 4.10. The summed E-state index contributed by atoms with van der Waals surface area (Å²) in [5, 5.41) is 3.07. The largest absolute Gasteiger partial charge is 0.378 e. The molecule has 0 amide bonds. The minimum absolute atomic E-state index is 0.243. The van der Waals surface area contributed by atoms with E-state index in [-0.39, 0.29) is 5.11 Å². The van der Waals surface area contributed by atoms with Gasteiger partial charge in [0.15, 0.2) is 11.1 Å². The number of hydrogen-bond acceptors (Lipinski definition) is 3. The van der Waals surface area contributed by atoms with E-state index in [1.165, 1.54) is 0 Å². The summed E-state index contributed by atoms with van der Waals surface area (Å²) in [6, 6.07) is 0. The van der Waals surface area contributed by atoms with Gasteiger partial charge in [-0.15, -0.1) is 0 Å². The van der Waals surface area contributed by atoms with E-state index in [9.17, 15) is 0 Å². The van der Waals surface area contributed by atoms with Crippen molar-refractivity contribution in [2.45, 2.75) is 0 Å². The van der Waals surface area contributed by atoms with Crippen molar-refractivity contribution in [2.24, 2.45) is 10.7 Å². The first-order valence-corrected chi connectivity index (χ1v) is 4.51. The lowest BCUT2D eigenvalue weighted by Gasteiger charge is -2.29. The molecule has 0 aliphatic carbocycles. The van der Waals surface area contributed by atoms with Crippen molar-refractivity contribution in [3.63, 3.8) is 0 Å². The fourth-order valence-electron chi connectivity index (χ4n) is 1.16. The molecule has 0 aromatic carbocycles. The third kappa shape index (κ3) is 3.16. The van der Waals surface area contributed by atoms with Gasteiger partial charge in [-0.05, 0) is 12.2 Å². The van der Waals surface area contributed by atoms with Gasteiger partial charge in [-0.25, -0.2) is 0 Å². The topological polar surface area (TPSA) is 62.9 Å². The van der Waals surface area contributed by atoms with E-state index in [4.69, 9.17) is 22.7 Å². The van der Waals surface area contributed by atoms with Gasteiger partial charge in [0.25, 0.3) is 0 Å². The second-order valence-electron chi connectivity index (χ2n) is 2.64. The molecule has 0 aromatic rings. The molecule has 0 atom stereocenters. The summed E-state index contributed by atoms with van der Waals surface area (Å²) in [4.78, 5) is 6.12. The molecule has 1 aliphatic rings. The third-order valence-electron chi connectivity index (χ3n) is 1.76. The van der Waals surface area contributed by atoms with Crippen LogP contribution in [0.25, 0.3) is 0 Å². The molecule has 3 N–H and O–H groups in total. The van der Waals surface area contributed by atoms with Gasteiger partial charge >= 0.3 is 0 Å². The molecule has 1 fully saturated rings. The smallest absolute Gasteiger partial charge is 0.200 e. The van der Waals surface area contributed by atoms with Crippen molar-refractivity contribution >= 4 is 23.3 Å². The summed E-state index contributed by atoms with van der Waals surface area (Å²) in [7, 11) is 1.70. The van der Waals surface area contributed by atoms with Crippen molar-refractivity contribution < 1.29 is 4.74 Å². The van der Waals surface area contributed by atoms with Crippen molar-refractivity contribution in [3.05, 3.63) is 0 Å². The number of hydrogen-bond donors (Lipinski definition) is 2. The lowest BCUT2D eigenvalue weighted by molar-refractivity contribution is 0.0670. The van der Waals surface area contributed by atoms with E-state index < -0.39 is 0 Å². The highest BCUT2D eigenvalue weighted by atomic mass is 32.1. The number of ether oxygens (including phenoxy) is 1. The van der Waals surface area contributed by atoms with Crippen LogP contribution >= 0.6 is 12.2 Å². The first-order chi connectivity index (χ1) is 6.24. The predicted octanol–water partition coefficient (Wildman–Crippen LogP) is -0.862. The minimum Gasteiger partial charge on any atom is -0.378 e. The third-order valence-corrected chi connectivity index (χ3v) is 1.86. The summed E-state index contributed by atoms with van der Waals surface area (Å²) >= 11 is 4.74. The number of nitrogens with zero attached hydrogens (tertiary/aromatic N) is 2. The number of guanidine groups is 1. The van der Waals surface area contributed by atoms with Gasteiger partial charge in [-0.2, -0.15) is 0 Å². The lowest BCUT2D eigenvalue weighted by Crippen LogP contribution is -2.50. The van der Waals surface area contributed by atoms with Crippen LogP contribution in [0.1, 0.15) is 0 Å². The Bertz CT molecular complexity index is 213. The molecular weight excluding hydrogens is 188 g/mol. The number of thiocarbonyl (C=S) groups is 1. The normalized spacial score (nSPS) is 18.5. The maximum Gasteiger partial charge on any atom is 0.200 e. The molecule has 0 aromatic heterocycles. The van der Waals surface area contributed by atoms with Gasteiger partial charge in [0.2, 0.25) is 0 Å². The standard InChI is InChI=1S/C7H14N4OS/c1-9-7(10-6(8)13)11-2-4-12-5-3-11/h2-5H2,1H3,(H3,8,9,10,13). The molecule has 74 valence electrons. The molecule has 0 saturated carbocycles. The molecule has 1 saturated heterocycles. The molecule has 0 bridgehead atoms. The number of rotatable bonds is 0. The molecular formula is C7H14N4OS. The number of morpholine rings is 1. The molecule has 1 rings (SSSR count). The molecule has 5 nitrogen and oxygen atoms in total. The van der Waals surface area contributed by atoms with Gasteiger partial charge in [0.05, 0.1) is 13.2 Å². The highest BCUT2D eigenvalue weighted by molar-refractivity contribution is 7.80. The second kappa shape index (κ2) is 4.98. The molecule has 0 unspecified atom stereocenters. The van der Waals surface area contributed by atoms with Crippen LogP contribution in [0.3, 0.4) is 0 Å². The average Bonchev–Trinajstić information content (AvgIpc) is 2.15. The Kier molecular flexibility index (Phi) is 3.91. The van der Waals surface area contributed by atoms with Gasteiger partial charge in [-0.3, -0.25) is 4.99 Å². The van der Waals surface area contributed by atoms with Crippen molar-refractivity contribution in [2.75, 3.05) is 33.4 Å². The lowest BCUT2D eigenvalue weighted by atomic mass is 10.4. The summed E-state index contributed by atoms with van der Waals surface area (Å²) in [6.07, 6.45) is 0. The van der Waals surface area contributed by atoms with Crippen molar-refractivity contribution in [1.82, 2.24) is 10.2 Å². The second-order valence-corrected chi connectivity index (χ2v) is 3.08. The monoisotopic (exact) mass is 202 g/mol. The van der Waals surface area contributed by atoms with E-state index in [0.717, 1.165) is 32.3 Å². The summed E-state index contributed by atoms with van der Waals surface area (Å²) in [5.41, 5.74) is 5.36. The summed E-state index contributed by atoms with van der Waals surface area (Å²) in [6.45, 7) is 3.08. The van der Waals surface area contributed by atoms with E-state index in [1.54, 1.807) is 7.05 Å². The van der Waals surface area contributed by atoms with E-state index in [2.05, 4.69) is 15.2 Å². The Morgan fingerprint density at radius 1 is 1.54 bits per heavy atom. The van der Waals surface area contributed by atoms with E-state index >= 15 is 0 Å². The Balaban J connectivity index is 2.50. The molecule has 13 heavy (non-hydrogen) atoms. The Morgan fingerprint density at radius 3 is 2.62 bits per heavy atom. The minimum atomic E-state index is 0.243. The maximum absolute atomic E-state index is 5.36. The molecule has 0 spiro atoms. The zero-order chi connectivity index (χ0) is 9.68. The van der Waals surface area contributed by atoms with Gasteiger partial charge in [-0.1, -0.05) is 0 Å². The predicted molar refractivity (Wildman–Crippen MR) is 55.7 cm³/mol. The van der Waals surface area contributed by atoms with Crippen LogP contribution in [0.4, 0.5) is 0 Å². The van der Waals surface area contributed by atoms with Gasteiger partial charge < -0.3 is 20.7 Å². The summed E-state index contributed by atoms with van der Waals surface area (Å²) < 4.78 is 5.21. The Labute approximate surface area is 82.9 Å². The van der Waals surface area contributed by atoms with Crippen LogP contribution in [-0.4, -0.2) is 49.3 Å². The van der Waals surface area contributed by atoms with E-state index in [1.807, 2.05) is 0 Å². The fraction of sp³-hybridized carbons (Fsp3) is 0.714. The zero-order valence-electron chi connectivity index (χ0n) is 7.62. The van der Waals surface area contributed by atoms with Crippen molar-refractivity contribution in [3.8, 4) is 0 Å². The molecule has 6 heteroatoms. The maximum atomic E-state index is 5.36. The zero-order valence-corrected chi connectivity index (χ0v) is 8.43. The highest BCUT2D eigenvalue weighted by Gasteiger charge is 2.14. The van der Waals surface area contributed by atoms with Crippen LogP contribution in [-0.2, 0) is 4.74 Å². The van der Waals surface area contributed by atoms with Crippen LogP contribution in [0.15, 0.2) is 4.99 Å². The van der Waals surface area contributed by atoms with Crippen LogP contribution < -0.4 is 11.1 Å². The Hall–Kier alpha value is -0.880.